The SMILES string of the molecule is COC(=O)c1[nH]c2c(c1-c1ccccc1)[C@H]1O[C@H](CO)[C@H](O)[C@H](O)[C@H]1OC2=O. The number of methoxy groups -OCH3 is 1. The topological polar surface area (TPSA) is 138 Å². The Labute approximate surface area is 159 Å². The Bertz CT molecular complexity index is 908. The van der Waals surface area contributed by atoms with Gasteiger partial charge in [-0.15, -0.1) is 0 Å². The van der Waals surface area contributed by atoms with E-state index < -0.39 is 49.1 Å². The number of ether oxygens (including phenoxy) is 3. The molecule has 2 aliphatic rings. The first-order valence-corrected chi connectivity index (χ1v) is 8.71. The van der Waals surface area contributed by atoms with Crippen LogP contribution in [0.2, 0.25) is 0 Å². The highest BCUT2D eigenvalue weighted by Crippen LogP contribution is 2.45. The second-order valence-corrected chi connectivity index (χ2v) is 6.65. The van der Waals surface area contributed by atoms with Crippen LogP contribution in [0.15, 0.2) is 30.3 Å². The Morgan fingerprint density at radius 2 is 1.93 bits per heavy atom. The van der Waals surface area contributed by atoms with Crippen LogP contribution in [-0.4, -0.2) is 70.4 Å². The van der Waals surface area contributed by atoms with Crippen LogP contribution in [0.3, 0.4) is 0 Å². The van der Waals surface area contributed by atoms with Crippen LogP contribution < -0.4 is 0 Å². The molecule has 9 nitrogen and oxygen atoms in total. The van der Waals surface area contributed by atoms with E-state index in [9.17, 15) is 24.9 Å². The fraction of sp³-hybridized carbons (Fsp3) is 0.368. The number of H-pyrrole nitrogens is 1. The molecule has 0 radical (unpaired) electrons. The maximum absolute atomic E-state index is 12.5. The number of aromatic nitrogens is 1. The van der Waals surface area contributed by atoms with Crippen molar-refractivity contribution in [3.63, 3.8) is 0 Å². The number of hydrogen-bond donors (Lipinski definition) is 4. The fourth-order valence-corrected chi connectivity index (χ4v) is 3.76. The highest BCUT2D eigenvalue weighted by molar-refractivity contribution is 6.02. The minimum Gasteiger partial charge on any atom is -0.464 e. The molecule has 1 aromatic carbocycles. The largest absolute Gasteiger partial charge is 0.464 e. The number of benzene rings is 1. The molecule has 2 aliphatic heterocycles. The van der Waals surface area contributed by atoms with E-state index in [2.05, 4.69) is 4.98 Å². The van der Waals surface area contributed by atoms with Gasteiger partial charge in [0, 0.05) is 11.1 Å². The summed E-state index contributed by atoms with van der Waals surface area (Å²) in [4.78, 5) is 27.7. The molecule has 2 aromatic rings. The molecule has 4 rings (SSSR count). The molecule has 0 unspecified atom stereocenters. The average molecular weight is 389 g/mol. The summed E-state index contributed by atoms with van der Waals surface area (Å²) in [5.41, 5.74) is 1.37. The Hall–Kier alpha value is -2.72. The van der Waals surface area contributed by atoms with Gasteiger partial charge in [0.05, 0.1) is 13.7 Å². The summed E-state index contributed by atoms with van der Waals surface area (Å²) in [5, 5.41) is 30.0. The first-order valence-electron chi connectivity index (χ1n) is 8.71. The predicted octanol–water partition coefficient (Wildman–Crippen LogP) is 0.161. The van der Waals surface area contributed by atoms with Crippen LogP contribution in [-0.2, 0) is 14.2 Å². The van der Waals surface area contributed by atoms with E-state index in [1.807, 2.05) is 0 Å². The smallest absolute Gasteiger partial charge is 0.355 e. The normalized spacial score (nSPS) is 28.9. The van der Waals surface area contributed by atoms with Crippen molar-refractivity contribution in [3.8, 4) is 11.1 Å². The molecule has 28 heavy (non-hydrogen) atoms. The molecule has 0 spiro atoms. The van der Waals surface area contributed by atoms with Gasteiger partial charge in [0.1, 0.15) is 35.8 Å². The Balaban J connectivity index is 1.94. The van der Waals surface area contributed by atoms with Crippen LogP contribution in [0.5, 0.6) is 0 Å². The lowest BCUT2D eigenvalue weighted by Crippen LogP contribution is -2.58. The number of aliphatic hydroxyl groups excluding tert-OH is 3. The van der Waals surface area contributed by atoms with Crippen LogP contribution in [0.25, 0.3) is 11.1 Å². The van der Waals surface area contributed by atoms with E-state index in [0.29, 0.717) is 16.7 Å². The summed E-state index contributed by atoms with van der Waals surface area (Å²) in [6.45, 7) is -0.542. The molecule has 0 saturated carbocycles. The first-order chi connectivity index (χ1) is 13.5. The third-order valence-electron chi connectivity index (χ3n) is 5.09. The number of nitrogens with one attached hydrogen (secondary N) is 1. The van der Waals surface area contributed by atoms with Crippen LogP contribution in [0, 0.1) is 0 Å². The van der Waals surface area contributed by atoms with E-state index in [0.717, 1.165) is 0 Å². The molecule has 4 N–H and O–H groups in total. The van der Waals surface area contributed by atoms with Crippen molar-refractivity contribution in [1.82, 2.24) is 4.98 Å². The third-order valence-corrected chi connectivity index (χ3v) is 5.09. The lowest BCUT2D eigenvalue weighted by molar-refractivity contribution is -0.234. The van der Waals surface area contributed by atoms with Crippen LogP contribution in [0.1, 0.15) is 32.6 Å². The van der Waals surface area contributed by atoms with Crippen molar-refractivity contribution >= 4 is 11.9 Å². The summed E-state index contributed by atoms with van der Waals surface area (Å²) in [6.07, 6.45) is -6.16. The first kappa shape index (κ1) is 18.6. The van der Waals surface area contributed by atoms with E-state index >= 15 is 0 Å². The Kier molecular flexibility index (Phi) is 4.68. The van der Waals surface area contributed by atoms with Crippen molar-refractivity contribution < 1.29 is 39.1 Å². The molecular formula is C19H19NO8. The number of carbonyl (C=O) groups excluding carboxylic acids is 2. The highest BCUT2D eigenvalue weighted by atomic mass is 16.6. The number of esters is 2. The third kappa shape index (κ3) is 2.71. The van der Waals surface area contributed by atoms with E-state index in [-0.39, 0.29) is 11.4 Å². The van der Waals surface area contributed by atoms with E-state index in [1.165, 1.54) is 7.11 Å². The molecular weight excluding hydrogens is 370 g/mol. The lowest BCUT2D eigenvalue weighted by atomic mass is 9.86. The van der Waals surface area contributed by atoms with Gasteiger partial charge >= 0.3 is 11.9 Å². The summed E-state index contributed by atoms with van der Waals surface area (Å²) in [7, 11) is 1.22. The van der Waals surface area contributed by atoms with Gasteiger partial charge in [-0.1, -0.05) is 30.3 Å². The molecule has 1 aromatic heterocycles. The molecule has 148 valence electrons. The molecule has 5 atom stereocenters. The number of carbonyl (C=O) groups is 2. The number of hydrogen-bond acceptors (Lipinski definition) is 8. The van der Waals surface area contributed by atoms with Crippen molar-refractivity contribution in [3.05, 3.63) is 47.3 Å². The molecule has 1 fully saturated rings. The standard InChI is InChI=1S/C19H19NO8/c1-26-18(24)12-10(8-5-3-2-4-6-8)11-13(20-12)19(25)28-17-15(23)14(22)9(7-21)27-16(11)17/h2-6,9,14-17,20-23H,7H2,1H3/t9-,14+,15+,16-,17-/m1/s1. The highest BCUT2D eigenvalue weighted by Gasteiger charge is 2.52. The van der Waals surface area contributed by atoms with Gasteiger partial charge in [-0.2, -0.15) is 0 Å². The Morgan fingerprint density at radius 3 is 2.57 bits per heavy atom. The van der Waals surface area contributed by atoms with Gasteiger partial charge in [-0.05, 0) is 5.56 Å². The minimum atomic E-state index is -1.46. The molecule has 0 aliphatic carbocycles. The number of rotatable bonds is 3. The van der Waals surface area contributed by atoms with Gasteiger partial charge in [0.2, 0.25) is 0 Å². The minimum absolute atomic E-state index is 0.000725. The maximum atomic E-state index is 12.5. The monoisotopic (exact) mass is 389 g/mol. The van der Waals surface area contributed by atoms with Crippen molar-refractivity contribution in [2.75, 3.05) is 13.7 Å². The predicted molar refractivity (Wildman–Crippen MR) is 93.5 cm³/mol. The average Bonchev–Trinajstić information content (AvgIpc) is 3.13. The van der Waals surface area contributed by atoms with Gasteiger partial charge < -0.3 is 34.5 Å². The van der Waals surface area contributed by atoms with Crippen LogP contribution >= 0.6 is 0 Å². The zero-order valence-electron chi connectivity index (χ0n) is 14.9. The van der Waals surface area contributed by atoms with Gasteiger partial charge in [0.15, 0.2) is 6.10 Å². The molecule has 9 heteroatoms. The number of aromatic amines is 1. The fourth-order valence-electron chi connectivity index (χ4n) is 3.76. The molecule has 0 bridgehead atoms. The summed E-state index contributed by atoms with van der Waals surface area (Å²) in [5.74, 6) is -1.48. The van der Waals surface area contributed by atoms with Gasteiger partial charge in [-0.3, -0.25) is 0 Å². The summed E-state index contributed by atoms with van der Waals surface area (Å²) < 4.78 is 15.9. The van der Waals surface area contributed by atoms with E-state index in [1.54, 1.807) is 30.3 Å². The quantitative estimate of drug-likeness (QED) is 0.545. The number of aliphatic hydroxyl groups is 3. The second kappa shape index (κ2) is 7.02. The zero-order chi connectivity index (χ0) is 20.0. The molecule has 0 amide bonds. The van der Waals surface area contributed by atoms with Crippen molar-refractivity contribution in [2.24, 2.45) is 0 Å². The van der Waals surface area contributed by atoms with Crippen LogP contribution in [0.4, 0.5) is 0 Å². The van der Waals surface area contributed by atoms with Gasteiger partial charge in [0.25, 0.3) is 0 Å². The zero-order valence-corrected chi connectivity index (χ0v) is 14.9. The van der Waals surface area contributed by atoms with Crippen molar-refractivity contribution in [2.45, 2.75) is 30.5 Å². The van der Waals surface area contributed by atoms with Crippen molar-refractivity contribution in [1.29, 1.82) is 0 Å². The summed E-state index contributed by atoms with van der Waals surface area (Å²) in [6, 6.07) is 8.85. The maximum Gasteiger partial charge on any atom is 0.355 e. The molecule has 3 heterocycles. The summed E-state index contributed by atoms with van der Waals surface area (Å²) >= 11 is 0. The molecule has 1 saturated heterocycles. The van der Waals surface area contributed by atoms with E-state index in [4.69, 9.17) is 14.2 Å². The lowest BCUT2D eigenvalue weighted by Gasteiger charge is -2.43. The Morgan fingerprint density at radius 1 is 1.21 bits per heavy atom. The second-order valence-electron chi connectivity index (χ2n) is 6.65. The van der Waals surface area contributed by atoms with Gasteiger partial charge in [-0.25, -0.2) is 9.59 Å². The number of fused-ring (bicyclic) bond motifs is 3.